The van der Waals surface area contributed by atoms with E-state index in [-0.39, 0.29) is 10.8 Å². The summed E-state index contributed by atoms with van der Waals surface area (Å²) in [5, 5.41) is -0.0941. The van der Waals surface area contributed by atoms with Gasteiger partial charge in [0.1, 0.15) is 0 Å². The number of halogens is 9. The molecule has 0 radical (unpaired) electrons. The fourth-order valence-electron chi connectivity index (χ4n) is 2.33. The minimum absolute atomic E-state index is 0.181. The highest BCUT2D eigenvalue weighted by Gasteiger charge is 2.83. The molecule has 0 aliphatic rings. The highest BCUT2D eigenvalue weighted by atomic mass is 19.4. The van der Waals surface area contributed by atoms with Gasteiger partial charge in [0, 0.05) is 5.56 Å². The normalized spacial score (nSPS) is 13.9. The molecular weight excluding hydrogens is 379 g/mol. The van der Waals surface area contributed by atoms with Gasteiger partial charge in [-0.05, 0) is 23.3 Å². The maximum Gasteiger partial charge on any atom is 0.460 e. The van der Waals surface area contributed by atoms with E-state index >= 15 is 0 Å². The quantitative estimate of drug-likeness (QED) is 0.478. The Morgan fingerprint density at radius 1 is 0.731 bits per heavy atom. The Bertz CT molecular complexity index is 852. The zero-order valence-electron chi connectivity index (χ0n) is 12.8. The number of benzene rings is 2. The first-order valence-corrected chi connectivity index (χ1v) is 6.89. The zero-order chi connectivity index (χ0) is 20.1. The maximum absolute atomic E-state index is 13.9. The van der Waals surface area contributed by atoms with Crippen LogP contribution in [-0.4, -0.2) is 29.7 Å². The van der Waals surface area contributed by atoms with Crippen molar-refractivity contribution in [3.05, 3.63) is 47.5 Å². The minimum Gasteiger partial charge on any atom is -0.287 e. The van der Waals surface area contributed by atoms with Crippen LogP contribution in [0.5, 0.6) is 0 Å². The topological polar surface area (TPSA) is 17.1 Å². The molecule has 0 aromatic heterocycles. The lowest BCUT2D eigenvalue weighted by Crippen LogP contribution is -2.63. The van der Waals surface area contributed by atoms with Gasteiger partial charge in [0.15, 0.2) is 0 Å². The molecule has 0 bridgehead atoms. The number of carbonyl (C=O) groups is 1. The van der Waals surface area contributed by atoms with E-state index < -0.39 is 35.3 Å². The third kappa shape index (κ3) is 2.71. The van der Waals surface area contributed by atoms with E-state index in [9.17, 15) is 44.3 Å². The number of aryl methyl sites for hydroxylation is 1. The molecule has 0 heterocycles. The molecule has 2 aromatic carbocycles. The molecule has 0 spiro atoms. The van der Waals surface area contributed by atoms with Crippen LogP contribution in [-0.2, 0) is 0 Å². The van der Waals surface area contributed by atoms with E-state index in [0.29, 0.717) is 11.6 Å². The summed E-state index contributed by atoms with van der Waals surface area (Å²) in [4.78, 5) is 11.9. The lowest BCUT2D eigenvalue weighted by molar-refractivity contribution is -0.386. The fourth-order valence-corrected chi connectivity index (χ4v) is 2.33. The van der Waals surface area contributed by atoms with Crippen LogP contribution in [0.2, 0.25) is 0 Å². The number of alkyl halides is 9. The second kappa shape index (κ2) is 5.88. The first-order valence-electron chi connectivity index (χ1n) is 6.89. The summed E-state index contributed by atoms with van der Waals surface area (Å²) in [6.07, 6.45) is -6.98. The third-order valence-electron chi connectivity index (χ3n) is 3.82. The van der Waals surface area contributed by atoms with Gasteiger partial charge in [-0.3, -0.25) is 4.79 Å². The molecule has 0 aliphatic heterocycles. The SMILES string of the molecule is Cc1ccc(C(=O)C(F)(F)C(F)(F)C(F)(F)C(F)(F)F)c2ccccc12. The molecule has 0 saturated heterocycles. The van der Waals surface area contributed by atoms with Gasteiger partial charge in [-0.25, -0.2) is 0 Å². The standard InChI is InChI=1S/C16H9F9O/c1-8-6-7-11(10-5-3-2-4-9(8)10)12(26)13(17,18)14(19,20)15(21,22)16(23,24)25/h2-7H,1H3. The molecule has 142 valence electrons. The van der Waals surface area contributed by atoms with E-state index in [2.05, 4.69) is 0 Å². The summed E-state index contributed by atoms with van der Waals surface area (Å²) in [5.41, 5.74) is -0.637. The lowest BCUT2D eigenvalue weighted by Gasteiger charge is -2.32. The van der Waals surface area contributed by atoms with E-state index in [1.807, 2.05) is 0 Å². The predicted molar refractivity (Wildman–Crippen MR) is 73.9 cm³/mol. The van der Waals surface area contributed by atoms with Crippen molar-refractivity contribution in [2.24, 2.45) is 0 Å². The molecule has 0 atom stereocenters. The second-order valence-electron chi connectivity index (χ2n) is 5.53. The molecule has 0 saturated carbocycles. The number of hydrogen-bond donors (Lipinski definition) is 0. The molecule has 0 fully saturated rings. The molecular formula is C16H9F9O. The van der Waals surface area contributed by atoms with Crippen molar-refractivity contribution >= 4 is 16.6 Å². The van der Waals surface area contributed by atoms with Gasteiger partial charge in [-0.2, -0.15) is 39.5 Å². The fraction of sp³-hybridized carbons (Fsp3) is 0.312. The Morgan fingerprint density at radius 2 is 1.23 bits per heavy atom. The van der Waals surface area contributed by atoms with Gasteiger partial charge in [0.25, 0.3) is 0 Å². The number of ketones is 1. The molecule has 0 unspecified atom stereocenters. The molecule has 2 rings (SSSR count). The van der Waals surface area contributed by atoms with Gasteiger partial charge in [0.2, 0.25) is 5.78 Å². The Labute approximate surface area is 140 Å². The summed E-state index contributed by atoms with van der Waals surface area (Å²) in [6.45, 7) is 1.50. The van der Waals surface area contributed by atoms with Crippen LogP contribution in [0.25, 0.3) is 10.8 Å². The van der Waals surface area contributed by atoms with Gasteiger partial charge < -0.3 is 0 Å². The Kier molecular flexibility index (Phi) is 4.54. The number of rotatable bonds is 4. The van der Waals surface area contributed by atoms with Gasteiger partial charge in [-0.15, -0.1) is 0 Å². The monoisotopic (exact) mass is 388 g/mol. The van der Waals surface area contributed by atoms with Crippen LogP contribution in [0.3, 0.4) is 0 Å². The Balaban J connectivity index is 2.64. The molecule has 0 amide bonds. The number of hydrogen-bond acceptors (Lipinski definition) is 1. The van der Waals surface area contributed by atoms with Crippen LogP contribution in [0.1, 0.15) is 15.9 Å². The molecule has 0 aliphatic carbocycles. The predicted octanol–water partition coefficient (Wildman–Crippen LogP) is 5.80. The van der Waals surface area contributed by atoms with E-state index in [1.54, 1.807) is 0 Å². The van der Waals surface area contributed by atoms with E-state index in [4.69, 9.17) is 0 Å². The molecule has 0 N–H and O–H groups in total. The van der Waals surface area contributed by atoms with Crippen LogP contribution in [0.15, 0.2) is 36.4 Å². The summed E-state index contributed by atoms with van der Waals surface area (Å²) in [6, 6.07) is 6.91. The van der Waals surface area contributed by atoms with Crippen LogP contribution in [0.4, 0.5) is 39.5 Å². The summed E-state index contributed by atoms with van der Waals surface area (Å²) >= 11 is 0. The Hall–Kier alpha value is -2.26. The molecule has 1 nitrogen and oxygen atoms in total. The largest absolute Gasteiger partial charge is 0.460 e. The van der Waals surface area contributed by atoms with Crippen molar-refractivity contribution in [2.75, 3.05) is 0 Å². The smallest absolute Gasteiger partial charge is 0.287 e. The maximum atomic E-state index is 13.9. The first-order chi connectivity index (χ1) is 11.7. The van der Waals surface area contributed by atoms with Crippen LogP contribution in [0, 0.1) is 6.92 Å². The molecule has 26 heavy (non-hydrogen) atoms. The average molecular weight is 388 g/mol. The van der Waals surface area contributed by atoms with E-state index in [0.717, 1.165) is 12.1 Å². The number of Topliss-reactive ketones (excluding diaryl/α,β-unsaturated/α-hetero) is 1. The van der Waals surface area contributed by atoms with E-state index in [1.165, 1.54) is 25.1 Å². The van der Waals surface area contributed by atoms with Gasteiger partial charge >= 0.3 is 23.9 Å². The highest BCUT2D eigenvalue weighted by molar-refractivity contribution is 6.12. The van der Waals surface area contributed by atoms with Crippen molar-refractivity contribution in [1.82, 2.24) is 0 Å². The van der Waals surface area contributed by atoms with Crippen molar-refractivity contribution in [3.8, 4) is 0 Å². The summed E-state index contributed by atoms with van der Waals surface area (Å²) < 4.78 is 117. The second-order valence-corrected chi connectivity index (χ2v) is 5.53. The van der Waals surface area contributed by atoms with Crippen LogP contribution < -0.4 is 0 Å². The Morgan fingerprint density at radius 3 is 1.73 bits per heavy atom. The van der Waals surface area contributed by atoms with Gasteiger partial charge in [-0.1, -0.05) is 36.4 Å². The first kappa shape index (κ1) is 20.1. The van der Waals surface area contributed by atoms with Crippen molar-refractivity contribution in [2.45, 2.75) is 30.9 Å². The number of fused-ring (bicyclic) bond motifs is 1. The molecule has 2 aromatic rings. The van der Waals surface area contributed by atoms with Crippen molar-refractivity contribution in [3.63, 3.8) is 0 Å². The molecule has 10 heteroatoms. The van der Waals surface area contributed by atoms with Gasteiger partial charge in [0.05, 0.1) is 0 Å². The summed E-state index contributed by atoms with van der Waals surface area (Å²) in [5.74, 6) is -23.2. The average Bonchev–Trinajstić information content (AvgIpc) is 2.53. The third-order valence-corrected chi connectivity index (χ3v) is 3.82. The minimum atomic E-state index is -7.11. The van der Waals surface area contributed by atoms with Crippen LogP contribution >= 0.6 is 0 Å². The number of carbonyl (C=O) groups excluding carboxylic acids is 1. The highest BCUT2D eigenvalue weighted by Crippen LogP contribution is 2.54. The lowest BCUT2D eigenvalue weighted by atomic mass is 9.91. The zero-order valence-corrected chi connectivity index (χ0v) is 12.8. The van der Waals surface area contributed by atoms with Crippen molar-refractivity contribution in [1.29, 1.82) is 0 Å². The summed E-state index contributed by atoms with van der Waals surface area (Å²) in [7, 11) is 0. The van der Waals surface area contributed by atoms with Crippen molar-refractivity contribution < 1.29 is 44.3 Å².